The molecule has 2 unspecified atom stereocenters. The summed E-state index contributed by atoms with van der Waals surface area (Å²) in [7, 11) is 0. The molecule has 1 aromatic carbocycles. The second kappa shape index (κ2) is 6.20. The van der Waals surface area contributed by atoms with E-state index in [0.717, 1.165) is 25.0 Å². The number of carbonyl (C=O) groups is 1. The fraction of sp³-hybridized carbons (Fsp3) is 0.562. The smallest absolute Gasteiger partial charge is 0.318 e. The van der Waals surface area contributed by atoms with Gasteiger partial charge in [-0.3, -0.25) is 0 Å². The summed E-state index contributed by atoms with van der Waals surface area (Å²) in [5.74, 6) is -0.790. The molecule has 120 valence electrons. The van der Waals surface area contributed by atoms with Gasteiger partial charge in [-0.2, -0.15) is 0 Å². The lowest BCUT2D eigenvalue weighted by atomic mass is 10.0. The van der Waals surface area contributed by atoms with Gasteiger partial charge in [-0.1, -0.05) is 0 Å². The molecule has 2 atom stereocenters. The van der Waals surface area contributed by atoms with Gasteiger partial charge in [0.15, 0.2) is 0 Å². The predicted octanol–water partition coefficient (Wildman–Crippen LogP) is 2.85. The Kier molecular flexibility index (Phi) is 4.29. The van der Waals surface area contributed by atoms with Crippen LogP contribution in [0.1, 0.15) is 31.4 Å². The van der Waals surface area contributed by atoms with Crippen LogP contribution in [0.4, 0.5) is 13.6 Å². The number of urea groups is 1. The van der Waals surface area contributed by atoms with Crippen molar-refractivity contribution < 1.29 is 18.3 Å². The van der Waals surface area contributed by atoms with Crippen molar-refractivity contribution in [3.63, 3.8) is 0 Å². The van der Waals surface area contributed by atoms with E-state index >= 15 is 0 Å². The van der Waals surface area contributed by atoms with Crippen molar-refractivity contribution in [3.8, 4) is 0 Å². The molecule has 2 amide bonds. The van der Waals surface area contributed by atoms with Crippen molar-refractivity contribution in [2.45, 2.75) is 31.8 Å². The van der Waals surface area contributed by atoms with Crippen LogP contribution in [0.3, 0.4) is 0 Å². The minimum absolute atomic E-state index is 0.0223. The lowest BCUT2D eigenvalue weighted by Crippen LogP contribution is -2.52. The number of nitrogens with zero attached hydrogens (tertiary/aromatic N) is 1. The molecule has 22 heavy (non-hydrogen) atoms. The summed E-state index contributed by atoms with van der Waals surface area (Å²) < 4.78 is 32.8. The van der Waals surface area contributed by atoms with Gasteiger partial charge in [0.1, 0.15) is 11.6 Å². The standard InChI is InChI=1S/C16H20F2N2O2/c1-10-9-22-7-6-20(10)16(21)19-15(11-2-3-11)13-8-12(17)4-5-14(13)18/h4-5,8,10-11,15H,2-3,6-7,9H2,1H3,(H,19,21). The largest absolute Gasteiger partial charge is 0.377 e. The van der Waals surface area contributed by atoms with Crippen molar-refractivity contribution in [2.24, 2.45) is 5.92 Å². The van der Waals surface area contributed by atoms with Gasteiger partial charge in [-0.25, -0.2) is 13.6 Å². The van der Waals surface area contributed by atoms with E-state index in [1.807, 2.05) is 6.92 Å². The molecule has 2 aliphatic rings. The van der Waals surface area contributed by atoms with E-state index in [0.29, 0.717) is 19.8 Å². The Morgan fingerprint density at radius 1 is 1.41 bits per heavy atom. The Morgan fingerprint density at radius 2 is 2.18 bits per heavy atom. The zero-order chi connectivity index (χ0) is 15.7. The highest BCUT2D eigenvalue weighted by Crippen LogP contribution is 2.42. The van der Waals surface area contributed by atoms with Crippen LogP contribution in [0.15, 0.2) is 18.2 Å². The summed E-state index contributed by atoms with van der Waals surface area (Å²) in [6, 6.07) is 2.65. The highest BCUT2D eigenvalue weighted by atomic mass is 19.1. The van der Waals surface area contributed by atoms with Crippen molar-refractivity contribution in [3.05, 3.63) is 35.4 Å². The van der Waals surface area contributed by atoms with Crippen molar-refractivity contribution in [2.75, 3.05) is 19.8 Å². The fourth-order valence-electron chi connectivity index (χ4n) is 2.88. The molecule has 0 spiro atoms. The maximum absolute atomic E-state index is 14.0. The highest BCUT2D eigenvalue weighted by Gasteiger charge is 2.36. The van der Waals surface area contributed by atoms with Crippen LogP contribution in [0, 0.1) is 17.6 Å². The Morgan fingerprint density at radius 3 is 2.86 bits per heavy atom. The quantitative estimate of drug-likeness (QED) is 0.933. The average Bonchev–Trinajstić information content (AvgIpc) is 3.32. The number of amides is 2. The summed E-state index contributed by atoms with van der Waals surface area (Å²) in [6.07, 6.45) is 1.83. The molecule has 1 aliphatic heterocycles. The molecule has 1 aliphatic carbocycles. The molecular formula is C16H20F2N2O2. The maximum Gasteiger partial charge on any atom is 0.318 e. The number of carbonyl (C=O) groups excluding carboxylic acids is 1. The van der Waals surface area contributed by atoms with Crippen molar-refractivity contribution >= 4 is 6.03 Å². The van der Waals surface area contributed by atoms with Crippen LogP contribution in [0.5, 0.6) is 0 Å². The number of morpholine rings is 1. The topological polar surface area (TPSA) is 41.6 Å². The molecule has 4 nitrogen and oxygen atoms in total. The Bertz CT molecular complexity index is 563. The van der Waals surface area contributed by atoms with Crippen molar-refractivity contribution in [1.82, 2.24) is 10.2 Å². The molecule has 2 fully saturated rings. The van der Waals surface area contributed by atoms with Gasteiger partial charge in [0.2, 0.25) is 0 Å². The van der Waals surface area contributed by atoms with Gasteiger partial charge in [0, 0.05) is 12.1 Å². The zero-order valence-electron chi connectivity index (χ0n) is 12.5. The van der Waals surface area contributed by atoms with E-state index in [9.17, 15) is 13.6 Å². The van der Waals surface area contributed by atoms with Crippen LogP contribution in [0.25, 0.3) is 0 Å². The number of rotatable bonds is 3. The second-order valence-electron chi connectivity index (χ2n) is 6.05. The number of halogens is 2. The Labute approximate surface area is 128 Å². The number of nitrogens with one attached hydrogen (secondary N) is 1. The average molecular weight is 310 g/mol. The van der Waals surface area contributed by atoms with Crippen LogP contribution in [-0.2, 0) is 4.74 Å². The third kappa shape index (κ3) is 3.21. The van der Waals surface area contributed by atoms with Gasteiger partial charge in [0.05, 0.1) is 25.3 Å². The molecule has 1 saturated heterocycles. The van der Waals surface area contributed by atoms with Gasteiger partial charge in [0.25, 0.3) is 0 Å². The van der Waals surface area contributed by atoms with E-state index in [4.69, 9.17) is 4.74 Å². The van der Waals surface area contributed by atoms with Crippen LogP contribution in [0.2, 0.25) is 0 Å². The summed E-state index contributed by atoms with van der Waals surface area (Å²) in [5.41, 5.74) is 0.233. The minimum Gasteiger partial charge on any atom is -0.377 e. The fourth-order valence-corrected chi connectivity index (χ4v) is 2.88. The Balaban J connectivity index is 1.77. The summed E-state index contributed by atoms with van der Waals surface area (Å²) in [5, 5.41) is 2.89. The monoisotopic (exact) mass is 310 g/mol. The van der Waals surface area contributed by atoms with Crippen LogP contribution < -0.4 is 5.32 Å². The molecule has 1 heterocycles. The lowest BCUT2D eigenvalue weighted by Gasteiger charge is -2.34. The first-order valence-electron chi connectivity index (χ1n) is 7.66. The third-order valence-electron chi connectivity index (χ3n) is 4.29. The number of hydrogen-bond donors (Lipinski definition) is 1. The summed E-state index contributed by atoms with van der Waals surface area (Å²) >= 11 is 0. The zero-order valence-corrected chi connectivity index (χ0v) is 12.5. The van der Waals surface area contributed by atoms with E-state index in [1.54, 1.807) is 4.90 Å². The Hall–Kier alpha value is -1.69. The molecule has 6 heteroatoms. The molecule has 0 bridgehead atoms. The normalized spacial score (nSPS) is 23.2. The van der Waals surface area contributed by atoms with Gasteiger partial charge in [-0.05, 0) is 43.9 Å². The lowest BCUT2D eigenvalue weighted by molar-refractivity contribution is 0.0182. The first-order chi connectivity index (χ1) is 10.6. The molecule has 0 radical (unpaired) electrons. The van der Waals surface area contributed by atoms with Gasteiger partial charge < -0.3 is 15.0 Å². The molecule has 1 aromatic rings. The van der Waals surface area contributed by atoms with E-state index in [2.05, 4.69) is 5.32 Å². The summed E-state index contributed by atoms with van der Waals surface area (Å²) in [6.45, 7) is 3.42. The molecule has 0 aromatic heterocycles. The molecule has 1 N–H and O–H groups in total. The maximum atomic E-state index is 14.0. The van der Waals surface area contributed by atoms with Gasteiger partial charge >= 0.3 is 6.03 Å². The van der Waals surface area contributed by atoms with Crippen LogP contribution >= 0.6 is 0 Å². The highest BCUT2D eigenvalue weighted by molar-refractivity contribution is 5.75. The van der Waals surface area contributed by atoms with Gasteiger partial charge in [-0.15, -0.1) is 0 Å². The molecular weight excluding hydrogens is 290 g/mol. The first kappa shape index (κ1) is 15.2. The first-order valence-corrected chi connectivity index (χ1v) is 7.66. The number of hydrogen-bond acceptors (Lipinski definition) is 2. The molecule has 3 rings (SSSR count). The predicted molar refractivity (Wildman–Crippen MR) is 77.3 cm³/mol. The van der Waals surface area contributed by atoms with Crippen LogP contribution in [-0.4, -0.2) is 36.7 Å². The number of ether oxygens (including phenoxy) is 1. The van der Waals surface area contributed by atoms with E-state index in [-0.39, 0.29) is 23.6 Å². The minimum atomic E-state index is -0.490. The summed E-state index contributed by atoms with van der Waals surface area (Å²) in [4.78, 5) is 14.2. The third-order valence-corrected chi connectivity index (χ3v) is 4.29. The second-order valence-corrected chi connectivity index (χ2v) is 6.05. The van der Waals surface area contributed by atoms with Crippen molar-refractivity contribution in [1.29, 1.82) is 0 Å². The van der Waals surface area contributed by atoms with E-state index in [1.165, 1.54) is 6.07 Å². The number of benzene rings is 1. The molecule has 1 saturated carbocycles. The SMILES string of the molecule is CC1COCCN1C(=O)NC(c1cc(F)ccc1F)C1CC1. The van der Waals surface area contributed by atoms with E-state index < -0.39 is 17.7 Å².